The molecule has 0 N–H and O–H groups in total. The van der Waals surface area contributed by atoms with E-state index in [0.29, 0.717) is 16.0 Å². The van der Waals surface area contributed by atoms with E-state index in [4.69, 9.17) is 0 Å². The summed E-state index contributed by atoms with van der Waals surface area (Å²) in [6.45, 7) is 3.03. The van der Waals surface area contributed by atoms with Crippen LogP contribution in [0.25, 0.3) is 0 Å². The lowest BCUT2D eigenvalue weighted by Crippen LogP contribution is -2.33. The first-order valence-electron chi connectivity index (χ1n) is 4.52. The molecule has 0 saturated heterocycles. The van der Waals surface area contributed by atoms with Crippen LogP contribution in [0, 0.1) is 6.92 Å². The first-order chi connectivity index (χ1) is 7.02. The van der Waals surface area contributed by atoms with Crippen LogP contribution in [-0.4, -0.2) is 22.6 Å². The standard InChI is InChI=1S/C11H9NO3/c1-6-3-4-8-9(5-6)11(15)12(7(2)13)10(8)14/h3-5H,1-2H3. The normalized spacial score (nSPS) is 14.4. The van der Waals surface area contributed by atoms with E-state index in [0.717, 1.165) is 5.56 Å². The van der Waals surface area contributed by atoms with Crippen molar-refractivity contribution < 1.29 is 14.4 Å². The fourth-order valence-corrected chi connectivity index (χ4v) is 1.64. The Hall–Kier alpha value is -1.97. The van der Waals surface area contributed by atoms with Crippen LogP contribution in [0.3, 0.4) is 0 Å². The first-order valence-corrected chi connectivity index (χ1v) is 4.52. The van der Waals surface area contributed by atoms with Gasteiger partial charge in [-0.25, -0.2) is 4.90 Å². The largest absolute Gasteiger partial charge is 0.274 e. The number of nitrogens with zero attached hydrogens (tertiary/aromatic N) is 1. The molecule has 4 nitrogen and oxygen atoms in total. The van der Waals surface area contributed by atoms with Gasteiger partial charge in [0.05, 0.1) is 11.1 Å². The summed E-state index contributed by atoms with van der Waals surface area (Å²) in [5.41, 5.74) is 1.51. The Morgan fingerprint density at radius 1 is 1.13 bits per heavy atom. The Morgan fingerprint density at radius 2 is 1.73 bits per heavy atom. The van der Waals surface area contributed by atoms with Crippen molar-refractivity contribution in [1.82, 2.24) is 4.90 Å². The van der Waals surface area contributed by atoms with Crippen molar-refractivity contribution in [2.45, 2.75) is 13.8 Å². The van der Waals surface area contributed by atoms with Crippen molar-refractivity contribution in [2.24, 2.45) is 0 Å². The molecule has 0 aliphatic carbocycles. The molecule has 0 unspecified atom stereocenters. The van der Waals surface area contributed by atoms with E-state index in [1.165, 1.54) is 6.92 Å². The number of fused-ring (bicyclic) bond motifs is 1. The molecule has 1 heterocycles. The van der Waals surface area contributed by atoms with Crippen LogP contribution in [0.4, 0.5) is 0 Å². The molecule has 0 bridgehead atoms. The third kappa shape index (κ3) is 1.26. The van der Waals surface area contributed by atoms with Gasteiger partial charge in [0.1, 0.15) is 0 Å². The molecule has 4 heteroatoms. The summed E-state index contributed by atoms with van der Waals surface area (Å²) in [4.78, 5) is 35.1. The average Bonchev–Trinajstić information content (AvgIpc) is 2.39. The maximum Gasteiger partial charge on any atom is 0.268 e. The Kier molecular flexibility index (Phi) is 1.93. The summed E-state index contributed by atoms with van der Waals surface area (Å²) >= 11 is 0. The summed E-state index contributed by atoms with van der Waals surface area (Å²) < 4.78 is 0. The second-order valence-electron chi connectivity index (χ2n) is 3.51. The van der Waals surface area contributed by atoms with Crippen LogP contribution in [0.15, 0.2) is 18.2 Å². The number of hydrogen-bond donors (Lipinski definition) is 0. The molecule has 15 heavy (non-hydrogen) atoms. The minimum atomic E-state index is -0.543. The zero-order chi connectivity index (χ0) is 11.2. The van der Waals surface area contributed by atoms with Gasteiger partial charge in [-0.1, -0.05) is 11.6 Å². The maximum absolute atomic E-state index is 11.7. The molecule has 0 aromatic heterocycles. The van der Waals surface area contributed by atoms with Gasteiger partial charge in [-0.2, -0.15) is 0 Å². The quantitative estimate of drug-likeness (QED) is 0.594. The van der Waals surface area contributed by atoms with E-state index >= 15 is 0 Å². The van der Waals surface area contributed by atoms with Gasteiger partial charge in [-0.05, 0) is 19.1 Å². The van der Waals surface area contributed by atoms with Crippen LogP contribution >= 0.6 is 0 Å². The highest BCUT2D eigenvalue weighted by Crippen LogP contribution is 2.23. The molecular weight excluding hydrogens is 194 g/mol. The number of benzene rings is 1. The van der Waals surface area contributed by atoms with Gasteiger partial charge in [0.2, 0.25) is 5.91 Å². The number of aryl methyl sites for hydroxylation is 1. The average molecular weight is 203 g/mol. The van der Waals surface area contributed by atoms with Crippen LogP contribution < -0.4 is 0 Å². The summed E-state index contributed by atoms with van der Waals surface area (Å²) in [7, 11) is 0. The highest BCUT2D eigenvalue weighted by atomic mass is 16.2. The number of hydrogen-bond acceptors (Lipinski definition) is 3. The molecule has 76 valence electrons. The van der Waals surface area contributed by atoms with E-state index < -0.39 is 17.7 Å². The minimum absolute atomic E-state index is 0.306. The van der Waals surface area contributed by atoms with Gasteiger partial charge in [-0.3, -0.25) is 14.4 Å². The van der Waals surface area contributed by atoms with E-state index in [-0.39, 0.29) is 0 Å². The number of imide groups is 3. The van der Waals surface area contributed by atoms with Gasteiger partial charge in [0.25, 0.3) is 11.8 Å². The van der Waals surface area contributed by atoms with Crippen molar-refractivity contribution in [3.63, 3.8) is 0 Å². The van der Waals surface area contributed by atoms with E-state index in [2.05, 4.69) is 0 Å². The van der Waals surface area contributed by atoms with Crippen LogP contribution in [0.1, 0.15) is 33.2 Å². The lowest BCUT2D eigenvalue weighted by molar-refractivity contribution is -0.124. The fourth-order valence-electron chi connectivity index (χ4n) is 1.64. The van der Waals surface area contributed by atoms with Crippen LogP contribution in [0.2, 0.25) is 0 Å². The molecule has 1 aromatic rings. The van der Waals surface area contributed by atoms with Gasteiger partial charge in [0.15, 0.2) is 0 Å². The molecule has 3 amide bonds. The van der Waals surface area contributed by atoms with Gasteiger partial charge in [-0.15, -0.1) is 0 Å². The van der Waals surface area contributed by atoms with Crippen molar-refractivity contribution in [3.05, 3.63) is 34.9 Å². The molecule has 0 saturated carbocycles. The highest BCUT2D eigenvalue weighted by molar-refractivity contribution is 6.28. The Morgan fingerprint density at radius 3 is 2.33 bits per heavy atom. The van der Waals surface area contributed by atoms with E-state index in [1.54, 1.807) is 18.2 Å². The summed E-state index contributed by atoms with van der Waals surface area (Å²) in [6.07, 6.45) is 0. The summed E-state index contributed by atoms with van der Waals surface area (Å²) in [5, 5.41) is 0. The smallest absolute Gasteiger partial charge is 0.268 e. The topological polar surface area (TPSA) is 54.5 Å². The fraction of sp³-hybridized carbons (Fsp3) is 0.182. The van der Waals surface area contributed by atoms with Crippen molar-refractivity contribution in [3.8, 4) is 0 Å². The predicted molar refractivity (Wildman–Crippen MR) is 52.4 cm³/mol. The molecule has 0 atom stereocenters. The molecule has 2 rings (SSSR count). The molecule has 0 spiro atoms. The lowest BCUT2D eigenvalue weighted by atomic mass is 10.1. The third-order valence-electron chi connectivity index (χ3n) is 2.36. The maximum atomic E-state index is 11.7. The predicted octanol–water partition coefficient (Wildman–Crippen LogP) is 1.14. The first kappa shape index (κ1) is 9.58. The number of amides is 3. The van der Waals surface area contributed by atoms with Gasteiger partial charge in [0, 0.05) is 6.92 Å². The second-order valence-corrected chi connectivity index (χ2v) is 3.51. The molecule has 1 aromatic carbocycles. The molecule has 1 aliphatic rings. The Balaban J connectivity index is 2.60. The lowest BCUT2D eigenvalue weighted by Gasteiger charge is -2.06. The van der Waals surface area contributed by atoms with Crippen LogP contribution in [-0.2, 0) is 4.79 Å². The SMILES string of the molecule is CC(=O)N1C(=O)c2ccc(C)cc2C1=O. The summed E-state index contributed by atoms with van der Waals surface area (Å²) in [6, 6.07) is 4.94. The Labute approximate surface area is 86.5 Å². The second kappa shape index (κ2) is 3.02. The minimum Gasteiger partial charge on any atom is -0.274 e. The van der Waals surface area contributed by atoms with Crippen molar-refractivity contribution in [2.75, 3.05) is 0 Å². The monoisotopic (exact) mass is 203 g/mol. The zero-order valence-corrected chi connectivity index (χ0v) is 8.40. The van der Waals surface area contributed by atoms with Gasteiger partial charge < -0.3 is 0 Å². The Bertz CT molecular complexity index is 491. The highest BCUT2D eigenvalue weighted by Gasteiger charge is 2.37. The number of rotatable bonds is 0. The van der Waals surface area contributed by atoms with E-state index in [9.17, 15) is 14.4 Å². The van der Waals surface area contributed by atoms with Crippen molar-refractivity contribution >= 4 is 17.7 Å². The van der Waals surface area contributed by atoms with E-state index in [1.807, 2.05) is 6.92 Å². The molecule has 0 radical (unpaired) electrons. The van der Waals surface area contributed by atoms with Gasteiger partial charge >= 0.3 is 0 Å². The molecule has 0 fully saturated rings. The third-order valence-corrected chi connectivity index (χ3v) is 2.36. The molecular formula is C11H9NO3. The summed E-state index contributed by atoms with van der Waals surface area (Å²) in [5.74, 6) is -1.59. The number of carbonyl (C=O) groups is 3. The zero-order valence-electron chi connectivity index (χ0n) is 8.40. The van der Waals surface area contributed by atoms with Crippen molar-refractivity contribution in [1.29, 1.82) is 0 Å². The number of carbonyl (C=O) groups excluding carboxylic acids is 3. The van der Waals surface area contributed by atoms with Crippen LogP contribution in [0.5, 0.6) is 0 Å². The molecule has 1 aliphatic heterocycles.